The fourth-order valence-electron chi connectivity index (χ4n) is 2.21. The van der Waals surface area contributed by atoms with E-state index in [0.717, 1.165) is 0 Å². The van der Waals surface area contributed by atoms with Gasteiger partial charge in [0.1, 0.15) is 5.75 Å². The average molecular weight is 343 g/mol. The zero-order valence-corrected chi connectivity index (χ0v) is 13.5. The summed E-state index contributed by atoms with van der Waals surface area (Å²) >= 11 is 1.32. The van der Waals surface area contributed by atoms with Gasteiger partial charge in [-0.05, 0) is 24.3 Å². The van der Waals surface area contributed by atoms with E-state index in [1.54, 1.807) is 43.5 Å². The molecule has 7 nitrogen and oxygen atoms in total. The highest BCUT2D eigenvalue weighted by Crippen LogP contribution is 2.31. The van der Waals surface area contributed by atoms with E-state index >= 15 is 0 Å². The largest absolute Gasteiger partial charge is 0.497 e. The molecule has 0 aliphatic carbocycles. The van der Waals surface area contributed by atoms with Crippen molar-refractivity contribution in [3.63, 3.8) is 0 Å². The zero-order valence-electron chi connectivity index (χ0n) is 12.7. The Morgan fingerprint density at radius 2 is 2.00 bits per heavy atom. The van der Waals surface area contributed by atoms with Gasteiger partial charge in [-0.25, -0.2) is 4.99 Å². The number of amides is 1. The standard InChI is InChI=1S/C16H13N3O4S/c1-23-14-4-2-3-13(9-14)18-15(20)10-24-16(18)17-11-5-7-12(8-6-11)19(21)22/h2-9H,10H2,1H3. The molecule has 1 heterocycles. The van der Waals surface area contributed by atoms with Crippen LogP contribution in [0, 0.1) is 10.1 Å². The van der Waals surface area contributed by atoms with E-state index in [9.17, 15) is 14.9 Å². The molecule has 2 aromatic carbocycles. The highest BCUT2D eigenvalue weighted by molar-refractivity contribution is 8.15. The van der Waals surface area contributed by atoms with Gasteiger partial charge in [0.2, 0.25) is 5.91 Å². The molecule has 0 radical (unpaired) electrons. The van der Waals surface area contributed by atoms with Crippen molar-refractivity contribution in [2.45, 2.75) is 0 Å². The maximum Gasteiger partial charge on any atom is 0.269 e. The van der Waals surface area contributed by atoms with Gasteiger partial charge < -0.3 is 4.74 Å². The second-order valence-corrected chi connectivity index (χ2v) is 5.83. The summed E-state index contributed by atoms with van der Waals surface area (Å²) in [5.41, 5.74) is 1.22. The van der Waals surface area contributed by atoms with Crippen molar-refractivity contribution < 1.29 is 14.5 Å². The molecule has 3 rings (SSSR count). The Kier molecular flexibility index (Phi) is 4.48. The molecule has 24 heavy (non-hydrogen) atoms. The van der Waals surface area contributed by atoms with Crippen molar-refractivity contribution in [1.29, 1.82) is 0 Å². The van der Waals surface area contributed by atoms with Gasteiger partial charge in [0.25, 0.3) is 5.69 Å². The van der Waals surface area contributed by atoms with Crippen molar-refractivity contribution in [2.75, 3.05) is 17.8 Å². The molecule has 1 amide bonds. The van der Waals surface area contributed by atoms with Crippen LogP contribution in [-0.4, -0.2) is 28.9 Å². The number of ether oxygens (including phenoxy) is 1. The number of thioether (sulfide) groups is 1. The summed E-state index contributed by atoms with van der Waals surface area (Å²) in [4.78, 5) is 28.4. The number of rotatable bonds is 4. The van der Waals surface area contributed by atoms with Crippen LogP contribution in [0.2, 0.25) is 0 Å². The highest BCUT2D eigenvalue weighted by atomic mass is 32.2. The highest BCUT2D eigenvalue weighted by Gasteiger charge is 2.30. The first-order valence-electron chi connectivity index (χ1n) is 7.01. The van der Waals surface area contributed by atoms with E-state index in [4.69, 9.17) is 4.74 Å². The average Bonchev–Trinajstić information content (AvgIpc) is 2.95. The lowest BCUT2D eigenvalue weighted by Crippen LogP contribution is -2.29. The van der Waals surface area contributed by atoms with Gasteiger partial charge in [0, 0.05) is 18.2 Å². The molecular weight excluding hydrogens is 330 g/mol. The minimum atomic E-state index is -0.465. The van der Waals surface area contributed by atoms with E-state index in [1.165, 1.54) is 28.8 Å². The van der Waals surface area contributed by atoms with E-state index in [0.29, 0.717) is 28.0 Å². The number of methoxy groups -OCH3 is 1. The van der Waals surface area contributed by atoms with Crippen molar-refractivity contribution in [3.05, 3.63) is 58.6 Å². The summed E-state index contributed by atoms with van der Waals surface area (Å²) in [7, 11) is 1.56. The number of aliphatic imine (C=N–C) groups is 1. The lowest BCUT2D eigenvalue weighted by molar-refractivity contribution is -0.384. The summed E-state index contributed by atoms with van der Waals surface area (Å²) in [5.74, 6) is 0.865. The number of hydrogen-bond donors (Lipinski definition) is 0. The van der Waals surface area contributed by atoms with Gasteiger partial charge in [-0.15, -0.1) is 0 Å². The third-order valence-corrected chi connectivity index (χ3v) is 4.29. The Balaban J connectivity index is 1.93. The van der Waals surface area contributed by atoms with Crippen LogP contribution < -0.4 is 9.64 Å². The number of nitrogens with zero attached hydrogens (tertiary/aromatic N) is 3. The summed E-state index contributed by atoms with van der Waals surface area (Å²) in [6, 6.07) is 13.0. The van der Waals surface area contributed by atoms with Gasteiger partial charge in [-0.3, -0.25) is 19.8 Å². The Hall–Kier alpha value is -2.87. The summed E-state index contributed by atoms with van der Waals surface area (Å²) in [5, 5.41) is 11.2. The number of benzene rings is 2. The molecule has 1 saturated heterocycles. The number of hydrogen-bond acceptors (Lipinski definition) is 6. The summed E-state index contributed by atoms with van der Waals surface area (Å²) in [6.07, 6.45) is 0. The number of carbonyl (C=O) groups excluding carboxylic acids is 1. The zero-order chi connectivity index (χ0) is 17.1. The lowest BCUT2D eigenvalue weighted by Gasteiger charge is -2.16. The molecule has 0 bridgehead atoms. The predicted molar refractivity (Wildman–Crippen MR) is 93.1 cm³/mol. The fourth-order valence-corrected chi connectivity index (χ4v) is 3.10. The second kappa shape index (κ2) is 6.71. The van der Waals surface area contributed by atoms with Gasteiger partial charge >= 0.3 is 0 Å². The first kappa shape index (κ1) is 16.0. The number of nitro benzene ring substituents is 1. The Labute approximate surface area is 142 Å². The van der Waals surface area contributed by atoms with Crippen LogP contribution in [-0.2, 0) is 4.79 Å². The molecule has 2 aromatic rings. The van der Waals surface area contributed by atoms with Crippen LogP contribution in [0.5, 0.6) is 5.75 Å². The van der Waals surface area contributed by atoms with Crippen LogP contribution in [0.3, 0.4) is 0 Å². The first-order valence-corrected chi connectivity index (χ1v) is 8.00. The van der Waals surface area contributed by atoms with Gasteiger partial charge in [-0.2, -0.15) is 0 Å². The maximum absolute atomic E-state index is 12.2. The molecule has 8 heteroatoms. The van der Waals surface area contributed by atoms with E-state index in [2.05, 4.69) is 4.99 Å². The normalized spacial score (nSPS) is 15.8. The van der Waals surface area contributed by atoms with Crippen molar-refractivity contribution in [3.8, 4) is 5.75 Å². The number of amidine groups is 1. The van der Waals surface area contributed by atoms with Gasteiger partial charge in [0.15, 0.2) is 5.17 Å². The third kappa shape index (κ3) is 3.23. The monoisotopic (exact) mass is 343 g/mol. The van der Waals surface area contributed by atoms with Crippen LogP contribution in [0.15, 0.2) is 53.5 Å². The second-order valence-electron chi connectivity index (χ2n) is 4.89. The Morgan fingerprint density at radius 1 is 1.25 bits per heavy atom. The molecule has 0 atom stereocenters. The van der Waals surface area contributed by atoms with E-state index in [-0.39, 0.29) is 11.6 Å². The van der Waals surface area contributed by atoms with Crippen LogP contribution in [0.25, 0.3) is 0 Å². The van der Waals surface area contributed by atoms with E-state index in [1.807, 2.05) is 0 Å². The smallest absolute Gasteiger partial charge is 0.269 e. The Bertz CT molecular complexity index is 820. The fraction of sp³-hybridized carbons (Fsp3) is 0.125. The minimum absolute atomic E-state index is 0.00115. The Morgan fingerprint density at radius 3 is 2.67 bits per heavy atom. The third-order valence-electron chi connectivity index (χ3n) is 3.36. The number of anilines is 1. The van der Waals surface area contributed by atoms with Crippen molar-refractivity contribution >= 4 is 39.9 Å². The molecule has 1 fully saturated rings. The first-order chi connectivity index (χ1) is 11.6. The van der Waals surface area contributed by atoms with Gasteiger partial charge in [-0.1, -0.05) is 17.8 Å². The number of non-ortho nitro benzene ring substituents is 1. The summed E-state index contributed by atoms with van der Waals surface area (Å²) in [6.45, 7) is 0. The molecule has 122 valence electrons. The molecule has 0 N–H and O–H groups in total. The van der Waals surface area contributed by atoms with Crippen LogP contribution in [0.1, 0.15) is 0 Å². The van der Waals surface area contributed by atoms with Gasteiger partial charge in [0.05, 0.1) is 29.2 Å². The molecule has 0 saturated carbocycles. The van der Waals surface area contributed by atoms with Crippen LogP contribution >= 0.6 is 11.8 Å². The quantitative estimate of drug-likeness (QED) is 0.627. The SMILES string of the molecule is COc1cccc(N2C(=O)CSC2=Nc2ccc([N+](=O)[O-])cc2)c1. The maximum atomic E-state index is 12.2. The number of nitro groups is 1. The minimum Gasteiger partial charge on any atom is -0.497 e. The van der Waals surface area contributed by atoms with E-state index < -0.39 is 4.92 Å². The predicted octanol–water partition coefficient (Wildman–Crippen LogP) is 3.37. The van der Waals surface area contributed by atoms with Crippen LogP contribution in [0.4, 0.5) is 17.1 Å². The molecular formula is C16H13N3O4S. The van der Waals surface area contributed by atoms with Crippen molar-refractivity contribution in [1.82, 2.24) is 0 Å². The topological polar surface area (TPSA) is 85.0 Å². The molecule has 0 aromatic heterocycles. The molecule has 1 aliphatic rings. The molecule has 0 spiro atoms. The lowest BCUT2D eigenvalue weighted by atomic mass is 10.2. The van der Waals surface area contributed by atoms with Crippen molar-refractivity contribution in [2.24, 2.45) is 4.99 Å². The summed E-state index contributed by atoms with van der Waals surface area (Å²) < 4.78 is 5.19. The number of carbonyl (C=O) groups is 1. The molecule has 1 aliphatic heterocycles. The molecule has 0 unspecified atom stereocenters.